The average Bonchev–Trinajstić information content (AvgIpc) is 3.32. The molecule has 0 fully saturated rings. The lowest BCUT2D eigenvalue weighted by molar-refractivity contribution is 0.564. The summed E-state index contributed by atoms with van der Waals surface area (Å²) < 4.78 is 0. The van der Waals surface area contributed by atoms with Crippen molar-refractivity contribution in [3.63, 3.8) is 0 Å². The maximum atomic E-state index is 12.9. The molecule has 1 aromatic heterocycles. The predicted molar refractivity (Wildman–Crippen MR) is 253 cm³/mol. The second-order valence-corrected chi connectivity index (χ2v) is 15.3. The Morgan fingerprint density at radius 3 is 1.61 bits per heavy atom. The van der Waals surface area contributed by atoms with Crippen molar-refractivity contribution in [3.8, 4) is 22.3 Å². The molecule has 0 bridgehead atoms. The summed E-state index contributed by atoms with van der Waals surface area (Å²) in [5.74, 6) is -0.978. The van der Waals surface area contributed by atoms with E-state index in [0.717, 1.165) is 16.7 Å². The Morgan fingerprint density at radius 1 is 0.463 bits per heavy atom. The van der Waals surface area contributed by atoms with Gasteiger partial charge in [0.2, 0.25) is 29.9 Å². The third-order valence-corrected chi connectivity index (χ3v) is 11.1. The molecule has 8 rings (SSSR count). The molecule has 0 saturated heterocycles. The number of carbonyl (C=O) groups excluding carboxylic acids is 4. The number of aryl methyl sites for hydroxylation is 1. The lowest BCUT2D eigenvalue weighted by Gasteiger charge is -2.26. The van der Waals surface area contributed by atoms with E-state index in [1.165, 1.54) is 0 Å². The van der Waals surface area contributed by atoms with Gasteiger partial charge in [-0.1, -0.05) is 121 Å². The third-order valence-electron chi connectivity index (χ3n) is 11.1. The SMILES string of the molecule is Cc1ccc(N=C=O)c(C(c2ccccc2N=c2[nH]c(=O)[nH]c(=O)[nH]2)c2cc(-c3cccc(N=C=O)c3Cc3ccccc3)cc(-c3cccc(N=C=O)c3Cc3ccccc3)c2N=C=O)c1. The second-order valence-electron chi connectivity index (χ2n) is 15.3. The van der Waals surface area contributed by atoms with Gasteiger partial charge in [0.1, 0.15) is 0 Å². The molecular formula is C53H36N8O6. The Bertz CT molecular complexity index is 3540. The molecule has 1 unspecified atom stereocenters. The van der Waals surface area contributed by atoms with Gasteiger partial charge in [-0.05, 0) is 99.0 Å². The number of benzene rings is 7. The van der Waals surface area contributed by atoms with Crippen LogP contribution in [0.15, 0.2) is 186 Å². The van der Waals surface area contributed by atoms with Gasteiger partial charge >= 0.3 is 11.4 Å². The number of H-pyrrole nitrogens is 3. The first-order valence-corrected chi connectivity index (χ1v) is 20.8. The first kappa shape index (κ1) is 44.1. The number of aromatic amines is 3. The van der Waals surface area contributed by atoms with Gasteiger partial charge in [0.15, 0.2) is 0 Å². The Kier molecular flexibility index (Phi) is 13.4. The van der Waals surface area contributed by atoms with Crippen LogP contribution in [0.2, 0.25) is 0 Å². The molecular weight excluding hydrogens is 845 g/mol. The molecule has 0 spiro atoms. The Morgan fingerprint density at radius 2 is 1.00 bits per heavy atom. The lowest BCUT2D eigenvalue weighted by Crippen LogP contribution is -2.35. The van der Waals surface area contributed by atoms with E-state index in [1.54, 1.807) is 85.0 Å². The van der Waals surface area contributed by atoms with Crippen LogP contribution in [0.4, 0.5) is 28.4 Å². The highest BCUT2D eigenvalue weighted by Gasteiger charge is 2.30. The van der Waals surface area contributed by atoms with E-state index in [4.69, 9.17) is 4.99 Å². The molecule has 0 radical (unpaired) electrons. The van der Waals surface area contributed by atoms with Crippen molar-refractivity contribution in [2.24, 2.45) is 25.0 Å². The quantitative estimate of drug-likeness (QED) is 0.0549. The Labute approximate surface area is 381 Å². The minimum absolute atomic E-state index is 0.158. The molecule has 0 aliphatic carbocycles. The zero-order chi connectivity index (χ0) is 46.7. The second kappa shape index (κ2) is 20.3. The molecule has 0 aliphatic heterocycles. The molecule has 1 atom stereocenters. The fraction of sp³-hybridized carbons (Fsp3) is 0.0755. The molecule has 14 heteroatoms. The zero-order valence-electron chi connectivity index (χ0n) is 35.6. The van der Waals surface area contributed by atoms with Gasteiger partial charge < -0.3 is 0 Å². The van der Waals surface area contributed by atoms with Gasteiger partial charge in [0.25, 0.3) is 0 Å². The van der Waals surface area contributed by atoms with Crippen molar-refractivity contribution in [1.29, 1.82) is 0 Å². The molecule has 8 aromatic rings. The molecule has 67 heavy (non-hydrogen) atoms. The van der Waals surface area contributed by atoms with E-state index in [9.17, 15) is 28.8 Å². The molecule has 0 amide bonds. The summed E-state index contributed by atoms with van der Waals surface area (Å²) in [6.45, 7) is 1.87. The summed E-state index contributed by atoms with van der Waals surface area (Å²) in [4.78, 5) is 103. The maximum absolute atomic E-state index is 12.9. The number of isocyanates is 4. The number of nitrogens with one attached hydrogen (secondary N) is 3. The minimum atomic E-state index is -0.978. The normalized spacial score (nSPS) is 10.9. The van der Waals surface area contributed by atoms with Crippen LogP contribution in [0, 0.1) is 6.92 Å². The van der Waals surface area contributed by atoms with Gasteiger partial charge in [-0.15, -0.1) is 0 Å². The van der Waals surface area contributed by atoms with Crippen molar-refractivity contribution in [2.45, 2.75) is 25.7 Å². The van der Waals surface area contributed by atoms with Crippen molar-refractivity contribution in [2.75, 3.05) is 0 Å². The highest BCUT2D eigenvalue weighted by atomic mass is 16.2. The molecule has 324 valence electrons. The Balaban J connectivity index is 1.57. The molecule has 1 heterocycles. The van der Waals surface area contributed by atoms with Gasteiger partial charge in [-0.25, -0.2) is 33.8 Å². The summed E-state index contributed by atoms with van der Waals surface area (Å²) in [7, 11) is 0. The summed E-state index contributed by atoms with van der Waals surface area (Å²) in [6.07, 6.45) is 7.52. The first-order chi connectivity index (χ1) is 32.8. The standard InChI is InChI=1S/C53H36N8O6/c1-33-22-23-47(56-31-64)43(24-33)49(39-16-8-9-19-48(39)58-51-59-52(66)61-53(67)60-51)44-28-36(37-17-10-20-45(54-29-62)40(37)25-34-12-4-2-5-13-34)27-42(50(44)57-32-65)38-18-11-21-46(55-30-63)41(38)26-35-14-6-3-7-15-35/h2-24,27-28,49H,25-26H2,1H3,(H3,58,59,60,61,66,67). The number of hydrogen-bond donors (Lipinski definition) is 3. The topological polar surface area (TPSA) is 212 Å². The number of rotatable bonds is 14. The van der Waals surface area contributed by atoms with E-state index < -0.39 is 17.3 Å². The van der Waals surface area contributed by atoms with Crippen LogP contribution in [0.1, 0.15) is 50.4 Å². The molecule has 14 nitrogen and oxygen atoms in total. The smallest absolute Gasteiger partial charge is 0.277 e. The van der Waals surface area contributed by atoms with Crippen LogP contribution in [-0.4, -0.2) is 39.3 Å². The fourth-order valence-corrected chi connectivity index (χ4v) is 8.34. The van der Waals surface area contributed by atoms with Crippen molar-refractivity contribution < 1.29 is 19.2 Å². The summed E-state index contributed by atoms with van der Waals surface area (Å²) in [5.41, 5.74) is 7.18. The third kappa shape index (κ3) is 9.84. The van der Waals surface area contributed by atoms with Gasteiger partial charge in [-0.3, -0.25) is 15.0 Å². The largest absolute Gasteiger partial charge is 0.329 e. The van der Waals surface area contributed by atoms with E-state index >= 15 is 0 Å². The summed E-state index contributed by atoms with van der Waals surface area (Å²) in [5, 5.41) is 0. The van der Waals surface area contributed by atoms with E-state index in [2.05, 4.69) is 34.9 Å². The maximum Gasteiger partial charge on any atom is 0.329 e. The highest BCUT2D eigenvalue weighted by molar-refractivity contribution is 5.91. The first-order valence-electron chi connectivity index (χ1n) is 20.8. The van der Waals surface area contributed by atoms with Gasteiger partial charge in [-0.2, -0.15) is 20.0 Å². The summed E-state index contributed by atoms with van der Waals surface area (Å²) >= 11 is 0. The van der Waals surface area contributed by atoms with E-state index in [-0.39, 0.29) is 22.7 Å². The molecule has 3 N–H and O–H groups in total. The number of hydrogen-bond acceptors (Lipinski definition) is 11. The monoisotopic (exact) mass is 880 g/mol. The summed E-state index contributed by atoms with van der Waals surface area (Å²) in [6, 6.07) is 46.0. The van der Waals surface area contributed by atoms with E-state index in [0.29, 0.717) is 74.3 Å². The van der Waals surface area contributed by atoms with Crippen molar-refractivity contribution in [3.05, 3.63) is 223 Å². The van der Waals surface area contributed by atoms with Crippen LogP contribution in [-0.2, 0) is 32.0 Å². The van der Waals surface area contributed by atoms with Crippen LogP contribution < -0.4 is 17.0 Å². The minimum Gasteiger partial charge on any atom is -0.277 e. The van der Waals surface area contributed by atoms with Crippen LogP contribution in [0.25, 0.3) is 22.3 Å². The average molecular weight is 881 g/mol. The molecule has 0 saturated carbocycles. The molecule has 7 aromatic carbocycles. The fourth-order valence-electron chi connectivity index (χ4n) is 8.34. The number of para-hydroxylation sites is 1. The lowest BCUT2D eigenvalue weighted by atomic mass is 9.78. The number of aliphatic imine (C=N–C) groups is 4. The van der Waals surface area contributed by atoms with Gasteiger partial charge in [0, 0.05) is 24.3 Å². The zero-order valence-corrected chi connectivity index (χ0v) is 35.6. The van der Waals surface area contributed by atoms with Crippen LogP contribution >= 0.6 is 0 Å². The Hall–Kier alpha value is -9.53. The van der Waals surface area contributed by atoms with Crippen molar-refractivity contribution >= 4 is 52.8 Å². The van der Waals surface area contributed by atoms with Gasteiger partial charge in [0.05, 0.1) is 28.4 Å². The predicted octanol–water partition coefficient (Wildman–Crippen LogP) is 9.50. The molecule has 0 aliphatic rings. The highest BCUT2D eigenvalue weighted by Crippen LogP contribution is 2.50. The van der Waals surface area contributed by atoms with Crippen LogP contribution in [0.5, 0.6) is 0 Å². The van der Waals surface area contributed by atoms with E-state index in [1.807, 2.05) is 97.9 Å². The number of aromatic nitrogens is 3. The van der Waals surface area contributed by atoms with Crippen LogP contribution in [0.3, 0.4) is 0 Å². The number of nitrogens with zero attached hydrogens (tertiary/aromatic N) is 5. The van der Waals surface area contributed by atoms with Crippen molar-refractivity contribution in [1.82, 2.24) is 15.0 Å².